The van der Waals surface area contributed by atoms with Gasteiger partial charge < -0.3 is 5.11 Å². The molecule has 0 radical (unpaired) electrons. The molecule has 18 heavy (non-hydrogen) atoms. The maximum absolute atomic E-state index is 12.5. The number of likely N-dealkylation sites (tertiary alicyclic amines) is 1. The molecule has 2 heterocycles. The van der Waals surface area contributed by atoms with Crippen molar-refractivity contribution in [2.45, 2.75) is 26.1 Å². The first kappa shape index (κ1) is 13.1. The maximum Gasteiger partial charge on any atom is 0.393 e. The second-order valence-corrected chi connectivity index (χ2v) is 4.68. The van der Waals surface area contributed by atoms with Crippen LogP contribution in [0, 0.1) is 12.8 Å². The number of hydrogen-bond acceptors (Lipinski definition) is 3. The van der Waals surface area contributed by atoms with Crippen LogP contribution < -0.4 is 0 Å². The van der Waals surface area contributed by atoms with Crippen molar-refractivity contribution in [3.8, 4) is 5.75 Å². The van der Waals surface area contributed by atoms with Crippen LogP contribution in [0.15, 0.2) is 12.1 Å². The van der Waals surface area contributed by atoms with Crippen LogP contribution in [0.2, 0.25) is 0 Å². The lowest BCUT2D eigenvalue weighted by Gasteiger charge is -2.17. The second kappa shape index (κ2) is 4.76. The van der Waals surface area contributed by atoms with Crippen LogP contribution in [0.4, 0.5) is 13.2 Å². The van der Waals surface area contributed by atoms with E-state index < -0.39 is 12.1 Å². The molecule has 1 atom stereocenters. The zero-order valence-corrected chi connectivity index (χ0v) is 10.0. The molecule has 0 aromatic carbocycles. The van der Waals surface area contributed by atoms with Gasteiger partial charge in [-0.3, -0.25) is 9.88 Å². The van der Waals surface area contributed by atoms with Gasteiger partial charge in [0.05, 0.1) is 11.6 Å². The Labute approximate surface area is 103 Å². The molecule has 0 amide bonds. The quantitative estimate of drug-likeness (QED) is 0.887. The van der Waals surface area contributed by atoms with Crippen molar-refractivity contribution in [2.24, 2.45) is 5.92 Å². The average Bonchev–Trinajstić information content (AvgIpc) is 2.71. The van der Waals surface area contributed by atoms with E-state index in [9.17, 15) is 18.3 Å². The molecule has 1 saturated heterocycles. The molecule has 0 bridgehead atoms. The number of hydrogen-bond donors (Lipinski definition) is 1. The fraction of sp³-hybridized carbons (Fsp3) is 0.583. The lowest BCUT2D eigenvalue weighted by atomic mass is 10.1. The number of nitrogens with zero attached hydrogens (tertiary/aromatic N) is 2. The molecule has 1 aliphatic rings. The molecule has 0 aliphatic carbocycles. The molecular weight excluding hydrogens is 245 g/mol. The summed E-state index contributed by atoms with van der Waals surface area (Å²) in [7, 11) is 0. The highest BCUT2D eigenvalue weighted by Crippen LogP contribution is 2.34. The van der Waals surface area contributed by atoms with E-state index in [1.165, 1.54) is 6.07 Å². The van der Waals surface area contributed by atoms with Crippen molar-refractivity contribution in [1.82, 2.24) is 9.88 Å². The number of aromatic nitrogens is 1. The van der Waals surface area contributed by atoms with Crippen LogP contribution >= 0.6 is 0 Å². The Morgan fingerprint density at radius 3 is 2.78 bits per heavy atom. The highest BCUT2D eigenvalue weighted by molar-refractivity contribution is 5.27. The van der Waals surface area contributed by atoms with Gasteiger partial charge in [-0.15, -0.1) is 0 Å². The van der Waals surface area contributed by atoms with Gasteiger partial charge in [-0.05, 0) is 32.0 Å². The number of pyridine rings is 1. The third-order valence-corrected chi connectivity index (χ3v) is 3.20. The highest BCUT2D eigenvalue weighted by atomic mass is 19.4. The molecule has 100 valence electrons. The number of halogens is 3. The van der Waals surface area contributed by atoms with Crippen LogP contribution in [-0.4, -0.2) is 34.3 Å². The molecule has 0 spiro atoms. The Hall–Kier alpha value is -1.30. The molecule has 6 heteroatoms. The van der Waals surface area contributed by atoms with Crippen LogP contribution in [0.1, 0.15) is 17.8 Å². The highest BCUT2D eigenvalue weighted by Gasteiger charge is 2.43. The van der Waals surface area contributed by atoms with E-state index in [1.54, 1.807) is 17.9 Å². The molecule has 1 aliphatic heterocycles. The Bertz CT molecular complexity index is 434. The fourth-order valence-corrected chi connectivity index (χ4v) is 2.17. The van der Waals surface area contributed by atoms with E-state index in [1.807, 2.05) is 0 Å². The third-order valence-electron chi connectivity index (χ3n) is 3.20. The first-order valence-electron chi connectivity index (χ1n) is 5.81. The molecule has 1 unspecified atom stereocenters. The van der Waals surface area contributed by atoms with E-state index in [-0.39, 0.29) is 25.3 Å². The normalized spacial score (nSPS) is 21.4. The zero-order chi connectivity index (χ0) is 13.3. The summed E-state index contributed by atoms with van der Waals surface area (Å²) in [4.78, 5) is 5.83. The van der Waals surface area contributed by atoms with Crippen molar-refractivity contribution in [3.63, 3.8) is 0 Å². The minimum atomic E-state index is -4.13. The summed E-state index contributed by atoms with van der Waals surface area (Å²) >= 11 is 0. The molecule has 0 saturated carbocycles. The molecule has 1 aromatic heterocycles. The van der Waals surface area contributed by atoms with E-state index in [2.05, 4.69) is 4.98 Å². The molecule has 1 aromatic rings. The topological polar surface area (TPSA) is 36.4 Å². The predicted molar refractivity (Wildman–Crippen MR) is 60.1 cm³/mol. The first-order valence-corrected chi connectivity index (χ1v) is 5.81. The molecule has 3 nitrogen and oxygen atoms in total. The summed E-state index contributed by atoms with van der Waals surface area (Å²) in [6, 6.07) is 3.19. The Balaban J connectivity index is 2.01. The average molecular weight is 260 g/mol. The van der Waals surface area contributed by atoms with E-state index in [0.29, 0.717) is 12.2 Å². The van der Waals surface area contributed by atoms with Gasteiger partial charge in [0.2, 0.25) is 0 Å². The second-order valence-electron chi connectivity index (χ2n) is 4.68. The molecule has 2 rings (SSSR count). The van der Waals surface area contributed by atoms with Gasteiger partial charge in [-0.1, -0.05) is 0 Å². The van der Waals surface area contributed by atoms with Crippen molar-refractivity contribution >= 4 is 0 Å². The van der Waals surface area contributed by atoms with Crippen LogP contribution in [0.3, 0.4) is 0 Å². The van der Waals surface area contributed by atoms with Gasteiger partial charge in [-0.2, -0.15) is 13.2 Å². The largest absolute Gasteiger partial charge is 0.506 e. The van der Waals surface area contributed by atoms with Crippen LogP contribution in [0.25, 0.3) is 0 Å². The van der Waals surface area contributed by atoms with Gasteiger partial charge in [0, 0.05) is 18.8 Å². The summed E-state index contributed by atoms with van der Waals surface area (Å²) in [6.45, 7) is 2.42. The predicted octanol–water partition coefficient (Wildman–Crippen LogP) is 2.48. The van der Waals surface area contributed by atoms with Gasteiger partial charge in [0.1, 0.15) is 5.75 Å². The zero-order valence-electron chi connectivity index (χ0n) is 10.0. The molecule has 1 N–H and O–H groups in total. The summed E-state index contributed by atoms with van der Waals surface area (Å²) in [5, 5.41) is 9.61. The van der Waals surface area contributed by atoms with Crippen LogP contribution in [-0.2, 0) is 6.54 Å². The summed E-state index contributed by atoms with van der Waals surface area (Å²) < 4.78 is 37.6. The number of aryl methyl sites for hydroxylation is 1. The SMILES string of the molecule is Cc1ccc(O)c(CN2CCC(C(F)(F)F)C2)n1. The van der Waals surface area contributed by atoms with Crippen molar-refractivity contribution in [1.29, 1.82) is 0 Å². The van der Waals surface area contributed by atoms with Crippen molar-refractivity contribution in [2.75, 3.05) is 13.1 Å². The monoisotopic (exact) mass is 260 g/mol. The van der Waals surface area contributed by atoms with E-state index >= 15 is 0 Å². The number of alkyl halides is 3. The minimum absolute atomic E-state index is 0.0153. The van der Waals surface area contributed by atoms with Gasteiger partial charge in [-0.25, -0.2) is 0 Å². The Morgan fingerprint density at radius 2 is 2.17 bits per heavy atom. The van der Waals surface area contributed by atoms with Crippen molar-refractivity contribution < 1.29 is 18.3 Å². The molecule has 1 fully saturated rings. The maximum atomic E-state index is 12.5. The summed E-state index contributed by atoms with van der Waals surface area (Å²) in [5.74, 6) is -1.22. The Morgan fingerprint density at radius 1 is 1.44 bits per heavy atom. The summed E-state index contributed by atoms with van der Waals surface area (Å²) in [5.41, 5.74) is 1.19. The lowest BCUT2D eigenvalue weighted by Crippen LogP contribution is -2.27. The minimum Gasteiger partial charge on any atom is -0.506 e. The number of aromatic hydroxyl groups is 1. The van der Waals surface area contributed by atoms with E-state index in [0.717, 1.165) is 5.69 Å². The van der Waals surface area contributed by atoms with Gasteiger partial charge in [0.15, 0.2) is 0 Å². The number of rotatable bonds is 2. The van der Waals surface area contributed by atoms with Crippen molar-refractivity contribution in [3.05, 3.63) is 23.5 Å². The third kappa shape index (κ3) is 2.93. The van der Waals surface area contributed by atoms with Crippen LogP contribution in [0.5, 0.6) is 5.75 Å². The molecular formula is C12H15F3N2O. The van der Waals surface area contributed by atoms with Gasteiger partial charge >= 0.3 is 6.18 Å². The first-order chi connectivity index (χ1) is 8.36. The van der Waals surface area contributed by atoms with E-state index in [4.69, 9.17) is 0 Å². The Kier molecular flexibility index (Phi) is 3.47. The summed E-state index contributed by atoms with van der Waals surface area (Å²) in [6.07, 6.45) is -4.01. The smallest absolute Gasteiger partial charge is 0.393 e. The van der Waals surface area contributed by atoms with Gasteiger partial charge in [0.25, 0.3) is 0 Å². The fourth-order valence-electron chi connectivity index (χ4n) is 2.17. The lowest BCUT2D eigenvalue weighted by molar-refractivity contribution is -0.170. The standard InChI is InChI=1S/C12H15F3N2O/c1-8-2-3-11(18)10(16-8)7-17-5-4-9(6-17)12(13,14)15/h2-3,9,18H,4-7H2,1H3.